The number of hydrogen-bond acceptors (Lipinski definition) is 3. The van der Waals surface area contributed by atoms with Crippen LogP contribution in [0, 0.1) is 0 Å². The summed E-state index contributed by atoms with van der Waals surface area (Å²) in [7, 11) is 0. The highest BCUT2D eigenvalue weighted by Crippen LogP contribution is 2.26. The molecule has 0 atom stereocenters. The van der Waals surface area contributed by atoms with Crippen LogP contribution < -0.4 is 4.74 Å². The summed E-state index contributed by atoms with van der Waals surface area (Å²) >= 11 is 0. The third-order valence-electron chi connectivity index (χ3n) is 1.80. The van der Waals surface area contributed by atoms with Gasteiger partial charge in [-0.15, -0.1) is 0 Å². The largest absolute Gasteiger partial charge is 0.504 e. The molecule has 1 N–H and O–H groups in total. The third kappa shape index (κ3) is 2.92. The van der Waals surface area contributed by atoms with Gasteiger partial charge in [-0.25, -0.2) is 0 Å². The molecule has 0 unspecified atom stereocenters. The van der Waals surface area contributed by atoms with Gasteiger partial charge in [0.25, 0.3) is 0 Å². The van der Waals surface area contributed by atoms with Crippen molar-refractivity contribution in [2.75, 3.05) is 13.2 Å². The number of phenols is 1. The molecule has 0 fully saturated rings. The van der Waals surface area contributed by atoms with Crippen LogP contribution in [-0.4, -0.2) is 18.3 Å². The number of rotatable bonds is 5. The molecule has 1 aromatic rings. The van der Waals surface area contributed by atoms with E-state index < -0.39 is 0 Å². The van der Waals surface area contributed by atoms with Crippen molar-refractivity contribution in [3.63, 3.8) is 0 Å². The van der Waals surface area contributed by atoms with Crippen molar-refractivity contribution >= 4 is 0 Å². The Morgan fingerprint density at radius 2 is 2.00 bits per heavy atom. The van der Waals surface area contributed by atoms with Gasteiger partial charge in [-0.1, -0.05) is 6.07 Å². The fraction of sp³-hybridized carbons (Fsp3) is 0.455. The molecular formula is C11H16O3. The molecule has 0 spiro atoms. The molecule has 1 rings (SSSR count). The van der Waals surface area contributed by atoms with Crippen molar-refractivity contribution in [3.05, 3.63) is 23.8 Å². The predicted molar refractivity (Wildman–Crippen MR) is 54.6 cm³/mol. The Bertz CT molecular complexity index is 284. The Balaban J connectivity index is 2.72. The Morgan fingerprint density at radius 1 is 1.21 bits per heavy atom. The van der Waals surface area contributed by atoms with Crippen molar-refractivity contribution in [2.24, 2.45) is 0 Å². The van der Waals surface area contributed by atoms with E-state index in [1.807, 2.05) is 19.9 Å². The molecule has 78 valence electrons. The first-order valence-electron chi connectivity index (χ1n) is 4.80. The van der Waals surface area contributed by atoms with Crippen LogP contribution in [0.1, 0.15) is 19.4 Å². The van der Waals surface area contributed by atoms with Crippen molar-refractivity contribution in [2.45, 2.75) is 20.5 Å². The van der Waals surface area contributed by atoms with E-state index in [1.54, 1.807) is 12.1 Å². The lowest BCUT2D eigenvalue weighted by molar-refractivity contribution is 0.134. The SMILES string of the molecule is CCOCc1ccc(O)c(OCC)c1. The Kier molecular flexibility index (Phi) is 4.26. The van der Waals surface area contributed by atoms with Crippen LogP contribution in [0.2, 0.25) is 0 Å². The van der Waals surface area contributed by atoms with Gasteiger partial charge in [-0.2, -0.15) is 0 Å². The molecule has 0 aromatic heterocycles. The van der Waals surface area contributed by atoms with Gasteiger partial charge < -0.3 is 14.6 Å². The lowest BCUT2D eigenvalue weighted by atomic mass is 10.2. The topological polar surface area (TPSA) is 38.7 Å². The van der Waals surface area contributed by atoms with E-state index in [1.165, 1.54) is 0 Å². The molecule has 0 heterocycles. The minimum atomic E-state index is 0.173. The number of hydrogen-bond donors (Lipinski definition) is 1. The first-order chi connectivity index (χ1) is 6.77. The minimum Gasteiger partial charge on any atom is -0.504 e. The molecule has 3 nitrogen and oxygen atoms in total. The van der Waals surface area contributed by atoms with E-state index in [0.29, 0.717) is 25.6 Å². The van der Waals surface area contributed by atoms with Crippen LogP contribution >= 0.6 is 0 Å². The zero-order chi connectivity index (χ0) is 10.4. The first kappa shape index (κ1) is 10.9. The molecule has 0 saturated heterocycles. The lowest BCUT2D eigenvalue weighted by Crippen LogP contribution is -1.95. The number of ether oxygens (including phenoxy) is 2. The maximum atomic E-state index is 9.43. The van der Waals surface area contributed by atoms with Crippen molar-refractivity contribution in [3.8, 4) is 11.5 Å². The van der Waals surface area contributed by atoms with E-state index in [4.69, 9.17) is 9.47 Å². The van der Waals surface area contributed by atoms with E-state index in [2.05, 4.69) is 0 Å². The molecule has 0 aliphatic rings. The highest BCUT2D eigenvalue weighted by atomic mass is 16.5. The summed E-state index contributed by atoms with van der Waals surface area (Å²) in [6.45, 7) is 5.62. The molecule has 14 heavy (non-hydrogen) atoms. The Hall–Kier alpha value is -1.22. The predicted octanol–water partition coefficient (Wildman–Crippen LogP) is 2.33. The average molecular weight is 196 g/mol. The van der Waals surface area contributed by atoms with Gasteiger partial charge in [-0.05, 0) is 31.5 Å². The third-order valence-corrected chi connectivity index (χ3v) is 1.80. The number of aromatic hydroxyl groups is 1. The maximum Gasteiger partial charge on any atom is 0.161 e. The van der Waals surface area contributed by atoms with Crippen LogP contribution in [0.25, 0.3) is 0 Å². The summed E-state index contributed by atoms with van der Waals surface area (Å²) in [6, 6.07) is 5.25. The molecular weight excluding hydrogens is 180 g/mol. The molecule has 0 bridgehead atoms. The summed E-state index contributed by atoms with van der Waals surface area (Å²) < 4.78 is 10.5. The second-order valence-electron chi connectivity index (χ2n) is 2.87. The van der Waals surface area contributed by atoms with Gasteiger partial charge >= 0.3 is 0 Å². The summed E-state index contributed by atoms with van der Waals surface area (Å²) in [5.74, 6) is 0.691. The molecule has 0 aliphatic carbocycles. The summed E-state index contributed by atoms with van der Waals surface area (Å²) in [5, 5.41) is 9.43. The number of benzene rings is 1. The zero-order valence-electron chi connectivity index (χ0n) is 8.62. The first-order valence-corrected chi connectivity index (χ1v) is 4.80. The molecule has 0 amide bonds. The smallest absolute Gasteiger partial charge is 0.161 e. The second kappa shape index (κ2) is 5.50. The van der Waals surface area contributed by atoms with Gasteiger partial charge in [0, 0.05) is 6.61 Å². The maximum absolute atomic E-state index is 9.43. The summed E-state index contributed by atoms with van der Waals surface area (Å²) in [4.78, 5) is 0. The van der Waals surface area contributed by atoms with Crippen molar-refractivity contribution in [1.29, 1.82) is 0 Å². The van der Waals surface area contributed by atoms with Crippen LogP contribution in [0.15, 0.2) is 18.2 Å². The Morgan fingerprint density at radius 3 is 2.64 bits per heavy atom. The van der Waals surface area contributed by atoms with Crippen LogP contribution in [-0.2, 0) is 11.3 Å². The second-order valence-corrected chi connectivity index (χ2v) is 2.87. The standard InChI is InChI=1S/C11H16O3/c1-3-13-8-9-5-6-10(12)11(7-9)14-4-2/h5-7,12H,3-4,8H2,1-2H3. The quantitative estimate of drug-likeness (QED) is 0.785. The molecule has 3 heteroatoms. The number of phenolic OH excluding ortho intramolecular Hbond substituents is 1. The monoisotopic (exact) mass is 196 g/mol. The molecule has 0 saturated carbocycles. The fourth-order valence-electron chi connectivity index (χ4n) is 1.14. The van der Waals surface area contributed by atoms with Crippen LogP contribution in [0.3, 0.4) is 0 Å². The summed E-state index contributed by atoms with van der Waals surface area (Å²) in [6.07, 6.45) is 0. The lowest BCUT2D eigenvalue weighted by Gasteiger charge is -2.08. The fourth-order valence-corrected chi connectivity index (χ4v) is 1.14. The Labute approximate surface area is 84.3 Å². The highest BCUT2D eigenvalue weighted by molar-refractivity contribution is 5.41. The zero-order valence-corrected chi connectivity index (χ0v) is 8.62. The normalized spacial score (nSPS) is 10.1. The van der Waals surface area contributed by atoms with E-state index >= 15 is 0 Å². The average Bonchev–Trinajstić information content (AvgIpc) is 2.19. The van der Waals surface area contributed by atoms with E-state index in [-0.39, 0.29) is 5.75 Å². The van der Waals surface area contributed by atoms with E-state index in [9.17, 15) is 5.11 Å². The summed E-state index contributed by atoms with van der Waals surface area (Å²) in [5.41, 5.74) is 1.01. The van der Waals surface area contributed by atoms with Crippen molar-refractivity contribution < 1.29 is 14.6 Å². The van der Waals surface area contributed by atoms with Gasteiger partial charge in [0.05, 0.1) is 13.2 Å². The molecule has 0 radical (unpaired) electrons. The van der Waals surface area contributed by atoms with Gasteiger partial charge in [0.1, 0.15) is 0 Å². The minimum absolute atomic E-state index is 0.173. The highest BCUT2D eigenvalue weighted by Gasteiger charge is 2.02. The van der Waals surface area contributed by atoms with Gasteiger partial charge in [0.2, 0.25) is 0 Å². The van der Waals surface area contributed by atoms with Crippen LogP contribution in [0.5, 0.6) is 11.5 Å². The van der Waals surface area contributed by atoms with E-state index in [0.717, 1.165) is 5.56 Å². The molecule has 0 aliphatic heterocycles. The van der Waals surface area contributed by atoms with Crippen LogP contribution in [0.4, 0.5) is 0 Å². The van der Waals surface area contributed by atoms with Gasteiger partial charge in [0.15, 0.2) is 11.5 Å². The molecule has 1 aromatic carbocycles. The van der Waals surface area contributed by atoms with Crippen molar-refractivity contribution in [1.82, 2.24) is 0 Å². The van der Waals surface area contributed by atoms with Gasteiger partial charge in [-0.3, -0.25) is 0 Å².